The number of alkyl halides is 2. The first-order chi connectivity index (χ1) is 13.4. The quantitative estimate of drug-likeness (QED) is 0.560. The molecular formula is C22H21Cl2N3O. The van der Waals surface area contributed by atoms with Crippen molar-refractivity contribution in [2.45, 2.75) is 36.6 Å². The number of carbonyl (C=O) groups is 1. The summed E-state index contributed by atoms with van der Waals surface area (Å²) in [6.45, 7) is 3.42. The summed E-state index contributed by atoms with van der Waals surface area (Å²) in [5.74, 6) is 1.38. The molecule has 2 fully saturated rings. The fraction of sp³-hybridized carbons (Fsp3) is 0.364. The van der Waals surface area contributed by atoms with Gasteiger partial charge in [0.25, 0.3) is 0 Å². The van der Waals surface area contributed by atoms with E-state index < -0.39 is 4.33 Å². The van der Waals surface area contributed by atoms with Gasteiger partial charge >= 0.3 is 0 Å². The fourth-order valence-electron chi connectivity index (χ4n) is 4.27. The molecule has 0 unspecified atom stereocenters. The van der Waals surface area contributed by atoms with Crippen LogP contribution in [0.25, 0.3) is 11.0 Å². The van der Waals surface area contributed by atoms with Gasteiger partial charge in [0.05, 0.1) is 11.0 Å². The Labute approximate surface area is 174 Å². The zero-order valence-electron chi connectivity index (χ0n) is 15.6. The third kappa shape index (κ3) is 2.99. The maximum Gasteiger partial charge on any atom is 0.227 e. The summed E-state index contributed by atoms with van der Waals surface area (Å²) in [5.41, 5.74) is 4.13. The van der Waals surface area contributed by atoms with Gasteiger partial charge in [0.2, 0.25) is 5.91 Å². The summed E-state index contributed by atoms with van der Waals surface area (Å²) >= 11 is 12.6. The first-order valence-electron chi connectivity index (χ1n) is 9.63. The molecule has 1 saturated carbocycles. The highest BCUT2D eigenvalue weighted by Gasteiger charge is 2.52. The highest BCUT2D eigenvalue weighted by Crippen LogP contribution is 2.54. The predicted molar refractivity (Wildman–Crippen MR) is 113 cm³/mol. The molecule has 0 bridgehead atoms. The lowest BCUT2D eigenvalue weighted by Crippen LogP contribution is -2.25. The SMILES string of the molecule is Cc1ccccc1N1C[C@H](c2nc3ccccc3n2C[C@@H]2CC2(Cl)Cl)CC1=O. The topological polar surface area (TPSA) is 38.1 Å². The number of halogens is 2. The normalized spacial score (nSPS) is 23.5. The van der Waals surface area contributed by atoms with E-state index in [1.807, 2.05) is 54.3 Å². The summed E-state index contributed by atoms with van der Waals surface area (Å²) in [7, 11) is 0. The highest BCUT2D eigenvalue weighted by atomic mass is 35.5. The first kappa shape index (κ1) is 18.0. The Morgan fingerprint density at radius 2 is 1.86 bits per heavy atom. The van der Waals surface area contributed by atoms with Gasteiger partial charge < -0.3 is 9.47 Å². The summed E-state index contributed by atoms with van der Waals surface area (Å²) in [6.07, 6.45) is 1.26. The van der Waals surface area contributed by atoms with Crippen LogP contribution in [0.1, 0.15) is 30.1 Å². The standard InChI is InChI=1S/C22H21Cl2N3O/c1-14-6-2-4-8-18(14)26-12-15(10-20(26)28)21-25-17-7-3-5-9-19(17)27(21)13-16-11-22(16,23)24/h2-9,15-16H,10-13H2,1H3/t15-,16+/m1/s1. The van der Waals surface area contributed by atoms with Crippen LogP contribution in [0.3, 0.4) is 0 Å². The summed E-state index contributed by atoms with van der Waals surface area (Å²) in [5, 5.41) is 0. The molecule has 0 N–H and O–H groups in total. The van der Waals surface area contributed by atoms with Crippen molar-refractivity contribution in [3.05, 3.63) is 59.9 Å². The number of carbonyl (C=O) groups excluding carboxylic acids is 1. The minimum Gasteiger partial charge on any atom is -0.327 e. The van der Waals surface area contributed by atoms with Gasteiger partial charge in [-0.05, 0) is 37.1 Å². The Bertz CT molecular complexity index is 1070. The second kappa shape index (κ2) is 6.50. The van der Waals surface area contributed by atoms with Crippen LogP contribution in [-0.4, -0.2) is 26.3 Å². The molecule has 5 rings (SSSR count). The smallest absolute Gasteiger partial charge is 0.227 e. The molecule has 0 radical (unpaired) electrons. The van der Waals surface area contributed by atoms with Gasteiger partial charge in [0.15, 0.2) is 0 Å². The summed E-state index contributed by atoms with van der Waals surface area (Å²) in [4.78, 5) is 19.6. The number of fused-ring (bicyclic) bond motifs is 1. The number of hydrogen-bond donors (Lipinski definition) is 0. The summed E-state index contributed by atoms with van der Waals surface area (Å²) in [6, 6.07) is 16.1. The van der Waals surface area contributed by atoms with Crippen LogP contribution in [0.15, 0.2) is 48.5 Å². The first-order valence-corrected chi connectivity index (χ1v) is 10.4. The van der Waals surface area contributed by atoms with Gasteiger partial charge in [-0.25, -0.2) is 4.98 Å². The van der Waals surface area contributed by atoms with Crippen molar-refractivity contribution < 1.29 is 4.79 Å². The number of aromatic nitrogens is 2. The second-order valence-corrected chi connectivity index (χ2v) is 9.47. The van der Waals surface area contributed by atoms with Gasteiger partial charge in [-0.3, -0.25) is 4.79 Å². The Hall–Kier alpha value is -2.04. The molecule has 0 spiro atoms. The highest BCUT2D eigenvalue weighted by molar-refractivity contribution is 6.50. The lowest BCUT2D eigenvalue weighted by Gasteiger charge is -2.19. The van der Waals surface area contributed by atoms with E-state index in [1.165, 1.54) is 0 Å². The van der Waals surface area contributed by atoms with E-state index in [9.17, 15) is 4.79 Å². The third-order valence-corrected chi connectivity index (χ3v) is 6.86. The van der Waals surface area contributed by atoms with Crippen molar-refractivity contribution >= 4 is 45.8 Å². The van der Waals surface area contributed by atoms with Crippen LogP contribution in [0, 0.1) is 12.8 Å². The van der Waals surface area contributed by atoms with Gasteiger partial charge in [0.1, 0.15) is 10.2 Å². The molecule has 4 nitrogen and oxygen atoms in total. The average Bonchev–Trinajstić information content (AvgIpc) is 2.99. The van der Waals surface area contributed by atoms with Crippen molar-refractivity contribution in [2.75, 3.05) is 11.4 Å². The fourth-order valence-corrected chi connectivity index (χ4v) is 4.78. The lowest BCUT2D eigenvalue weighted by molar-refractivity contribution is -0.117. The molecule has 2 heterocycles. The molecule has 2 atom stereocenters. The van der Waals surface area contributed by atoms with Crippen molar-refractivity contribution in [1.29, 1.82) is 0 Å². The number of imidazole rings is 1. The number of amides is 1. The van der Waals surface area contributed by atoms with E-state index in [-0.39, 0.29) is 17.7 Å². The zero-order chi connectivity index (χ0) is 19.5. The van der Waals surface area contributed by atoms with E-state index in [1.54, 1.807) is 0 Å². The third-order valence-electron chi connectivity index (χ3n) is 5.94. The molecular weight excluding hydrogens is 393 g/mol. The predicted octanol–water partition coefficient (Wildman–Crippen LogP) is 5.06. The molecule has 3 aromatic rings. The molecule has 1 saturated heterocycles. The molecule has 28 heavy (non-hydrogen) atoms. The maximum absolute atomic E-state index is 12.8. The molecule has 2 aliphatic rings. The van der Waals surface area contributed by atoms with Crippen LogP contribution < -0.4 is 4.90 Å². The molecule has 144 valence electrons. The Balaban J connectivity index is 1.51. The van der Waals surface area contributed by atoms with Crippen LogP contribution >= 0.6 is 23.2 Å². The maximum atomic E-state index is 12.8. The molecule has 6 heteroatoms. The van der Waals surface area contributed by atoms with Crippen LogP contribution in [0.5, 0.6) is 0 Å². The second-order valence-electron chi connectivity index (χ2n) is 7.92. The number of para-hydroxylation sites is 3. The Kier molecular flexibility index (Phi) is 4.18. The van der Waals surface area contributed by atoms with E-state index in [2.05, 4.69) is 10.6 Å². The van der Waals surface area contributed by atoms with Gasteiger partial charge in [-0.2, -0.15) is 0 Å². The van der Waals surface area contributed by atoms with Crippen LogP contribution in [0.4, 0.5) is 5.69 Å². The number of rotatable bonds is 4. The minimum atomic E-state index is -0.638. The van der Waals surface area contributed by atoms with Gasteiger partial charge in [-0.15, -0.1) is 23.2 Å². The van der Waals surface area contributed by atoms with Gasteiger partial charge in [-0.1, -0.05) is 30.3 Å². The van der Waals surface area contributed by atoms with Crippen molar-refractivity contribution in [3.8, 4) is 0 Å². The molecule has 1 aliphatic heterocycles. The molecule has 1 aliphatic carbocycles. The monoisotopic (exact) mass is 413 g/mol. The number of aryl methyl sites for hydroxylation is 1. The Morgan fingerprint density at radius 3 is 2.61 bits per heavy atom. The van der Waals surface area contributed by atoms with E-state index in [0.717, 1.165) is 41.1 Å². The van der Waals surface area contributed by atoms with E-state index in [0.29, 0.717) is 13.0 Å². The number of benzene rings is 2. The molecule has 1 amide bonds. The minimum absolute atomic E-state index is 0.0540. The molecule has 1 aromatic heterocycles. The zero-order valence-corrected chi connectivity index (χ0v) is 17.1. The number of hydrogen-bond acceptors (Lipinski definition) is 2. The average molecular weight is 414 g/mol. The molecule has 2 aromatic carbocycles. The Morgan fingerprint density at radius 1 is 1.14 bits per heavy atom. The largest absolute Gasteiger partial charge is 0.327 e. The number of anilines is 1. The van der Waals surface area contributed by atoms with Crippen molar-refractivity contribution in [2.24, 2.45) is 5.92 Å². The lowest BCUT2D eigenvalue weighted by atomic mass is 10.1. The van der Waals surface area contributed by atoms with Gasteiger partial charge in [0, 0.05) is 37.0 Å². The van der Waals surface area contributed by atoms with Crippen LogP contribution in [-0.2, 0) is 11.3 Å². The van der Waals surface area contributed by atoms with Crippen LogP contribution in [0.2, 0.25) is 0 Å². The van der Waals surface area contributed by atoms with Crippen molar-refractivity contribution in [3.63, 3.8) is 0 Å². The van der Waals surface area contributed by atoms with Crippen molar-refractivity contribution in [1.82, 2.24) is 9.55 Å². The summed E-state index contributed by atoms with van der Waals surface area (Å²) < 4.78 is 1.59. The number of nitrogens with zero attached hydrogens (tertiary/aromatic N) is 3. The van der Waals surface area contributed by atoms with E-state index in [4.69, 9.17) is 28.2 Å². The van der Waals surface area contributed by atoms with E-state index >= 15 is 0 Å².